The summed E-state index contributed by atoms with van der Waals surface area (Å²) in [5.74, 6) is 4.84. The van der Waals surface area contributed by atoms with Crippen LogP contribution >= 0.6 is 11.3 Å². The fourth-order valence-corrected chi connectivity index (χ4v) is 1.10. The summed E-state index contributed by atoms with van der Waals surface area (Å²) in [4.78, 5) is 3.16. The zero-order chi connectivity index (χ0) is 8.48. The monoisotopic (exact) mass is 183 g/mol. The van der Waals surface area contributed by atoms with Crippen LogP contribution in [0.15, 0.2) is 5.38 Å². The van der Waals surface area contributed by atoms with E-state index in [0.29, 0.717) is 0 Å². The van der Waals surface area contributed by atoms with Crippen LogP contribution < -0.4 is 11.3 Å². The van der Waals surface area contributed by atoms with Gasteiger partial charge < -0.3 is 0 Å². The topological polar surface area (TPSA) is 50.9 Å². The molecule has 11 heavy (non-hydrogen) atoms. The molecule has 62 valence electrons. The summed E-state index contributed by atoms with van der Waals surface area (Å²) < 4.78 is 35.4. The average Bonchev–Trinajstić information content (AvgIpc) is 2.32. The van der Waals surface area contributed by atoms with Gasteiger partial charge in [-0.25, -0.2) is 10.8 Å². The third kappa shape index (κ3) is 1.81. The molecule has 0 aliphatic carbocycles. The summed E-state index contributed by atoms with van der Waals surface area (Å²) in [7, 11) is 0. The molecule has 0 saturated heterocycles. The first kappa shape index (κ1) is 8.28. The quantitative estimate of drug-likeness (QED) is 0.511. The van der Waals surface area contributed by atoms with Gasteiger partial charge in [-0.05, 0) is 0 Å². The van der Waals surface area contributed by atoms with Crippen LogP contribution in [0.2, 0.25) is 0 Å². The third-order valence-electron chi connectivity index (χ3n) is 0.918. The number of thiazole rings is 1. The number of hydrogen-bond acceptors (Lipinski definition) is 4. The van der Waals surface area contributed by atoms with Crippen molar-refractivity contribution in [3.63, 3.8) is 0 Å². The van der Waals surface area contributed by atoms with Crippen molar-refractivity contribution in [3.05, 3.63) is 11.1 Å². The van der Waals surface area contributed by atoms with Gasteiger partial charge in [-0.15, -0.1) is 11.3 Å². The summed E-state index contributed by atoms with van der Waals surface area (Å²) >= 11 is 0.809. The van der Waals surface area contributed by atoms with E-state index in [1.165, 1.54) is 0 Å². The molecule has 0 saturated carbocycles. The average molecular weight is 183 g/mol. The molecule has 0 amide bonds. The van der Waals surface area contributed by atoms with Crippen LogP contribution in [-0.2, 0) is 6.18 Å². The maximum absolute atomic E-state index is 11.8. The molecule has 0 fully saturated rings. The normalized spacial score (nSPS) is 11.6. The van der Waals surface area contributed by atoms with Gasteiger partial charge in [0.25, 0.3) is 0 Å². The van der Waals surface area contributed by atoms with Gasteiger partial charge in [0.1, 0.15) is 0 Å². The maximum Gasteiger partial charge on any atom is 0.434 e. The molecule has 3 nitrogen and oxygen atoms in total. The number of nitrogens with two attached hydrogens (primary N) is 1. The number of halogens is 3. The number of nitrogens with zero attached hydrogens (tertiary/aromatic N) is 1. The van der Waals surface area contributed by atoms with E-state index in [-0.39, 0.29) is 5.13 Å². The highest BCUT2D eigenvalue weighted by Crippen LogP contribution is 2.31. The Hall–Kier alpha value is -0.820. The highest BCUT2D eigenvalue weighted by atomic mass is 32.1. The van der Waals surface area contributed by atoms with Crippen LogP contribution in [0.25, 0.3) is 0 Å². The van der Waals surface area contributed by atoms with E-state index in [1.54, 1.807) is 0 Å². The van der Waals surface area contributed by atoms with Crippen LogP contribution in [0.1, 0.15) is 5.69 Å². The van der Waals surface area contributed by atoms with Gasteiger partial charge in [0.15, 0.2) is 10.8 Å². The molecule has 1 heterocycles. The zero-order valence-electron chi connectivity index (χ0n) is 5.14. The van der Waals surface area contributed by atoms with Crippen molar-refractivity contribution in [2.24, 2.45) is 5.84 Å². The first-order chi connectivity index (χ1) is 5.04. The van der Waals surface area contributed by atoms with Crippen LogP contribution in [-0.4, -0.2) is 4.98 Å². The SMILES string of the molecule is NNc1nc(C(F)(F)F)cs1. The molecule has 0 atom stereocenters. The molecule has 1 rings (SSSR count). The molecule has 0 aliphatic heterocycles. The third-order valence-corrected chi connectivity index (χ3v) is 1.69. The van der Waals surface area contributed by atoms with Gasteiger partial charge >= 0.3 is 6.18 Å². The number of aromatic nitrogens is 1. The van der Waals surface area contributed by atoms with Crippen molar-refractivity contribution in [2.75, 3.05) is 5.43 Å². The lowest BCUT2D eigenvalue weighted by atomic mass is 10.5. The van der Waals surface area contributed by atoms with E-state index in [2.05, 4.69) is 4.98 Å². The highest BCUT2D eigenvalue weighted by Gasteiger charge is 2.33. The Bertz CT molecular complexity index is 243. The van der Waals surface area contributed by atoms with Gasteiger partial charge in [0.2, 0.25) is 0 Å². The minimum Gasteiger partial charge on any atom is -0.300 e. The molecule has 0 aromatic carbocycles. The van der Waals surface area contributed by atoms with Crippen molar-refractivity contribution >= 4 is 16.5 Å². The fourth-order valence-electron chi connectivity index (χ4n) is 0.470. The minimum absolute atomic E-state index is 0.0531. The standard InChI is InChI=1S/C4H4F3N3S/c5-4(6,7)2-1-11-3(9-2)10-8/h1H,8H2,(H,9,10). The number of nitrogens with one attached hydrogen (secondary N) is 1. The number of alkyl halides is 3. The molecule has 1 aromatic rings. The largest absolute Gasteiger partial charge is 0.434 e. The smallest absolute Gasteiger partial charge is 0.300 e. The second kappa shape index (κ2) is 2.67. The van der Waals surface area contributed by atoms with Crippen molar-refractivity contribution in [2.45, 2.75) is 6.18 Å². The predicted octanol–water partition coefficient (Wildman–Crippen LogP) is 1.45. The van der Waals surface area contributed by atoms with Crippen LogP contribution in [0, 0.1) is 0 Å². The molecule has 1 aromatic heterocycles. The minimum atomic E-state index is -4.38. The second-order valence-corrected chi connectivity index (χ2v) is 2.54. The molecule has 0 spiro atoms. The van der Waals surface area contributed by atoms with Crippen molar-refractivity contribution in [1.82, 2.24) is 4.98 Å². The Balaban J connectivity index is 2.89. The summed E-state index contributed by atoms with van der Waals surface area (Å²) in [6.45, 7) is 0. The fraction of sp³-hybridized carbons (Fsp3) is 0.250. The molecular formula is C4H4F3N3S. The van der Waals surface area contributed by atoms with E-state index in [0.717, 1.165) is 16.7 Å². The van der Waals surface area contributed by atoms with E-state index < -0.39 is 11.9 Å². The van der Waals surface area contributed by atoms with Gasteiger partial charge in [-0.3, -0.25) is 5.43 Å². The molecule has 0 radical (unpaired) electrons. The predicted molar refractivity (Wildman–Crippen MR) is 34.9 cm³/mol. The lowest BCUT2D eigenvalue weighted by Crippen LogP contribution is -2.09. The molecule has 0 bridgehead atoms. The van der Waals surface area contributed by atoms with E-state index in [4.69, 9.17) is 5.84 Å². The zero-order valence-corrected chi connectivity index (χ0v) is 5.96. The number of anilines is 1. The Labute approximate surface area is 64.0 Å². The van der Waals surface area contributed by atoms with Crippen LogP contribution in [0.5, 0.6) is 0 Å². The summed E-state index contributed by atoms with van der Waals surface area (Å²) in [5.41, 5.74) is 1.11. The number of hydrogen-bond donors (Lipinski definition) is 2. The Morgan fingerprint density at radius 3 is 2.45 bits per heavy atom. The van der Waals surface area contributed by atoms with Gasteiger partial charge in [-0.1, -0.05) is 0 Å². The Morgan fingerprint density at radius 1 is 1.55 bits per heavy atom. The van der Waals surface area contributed by atoms with Gasteiger partial charge in [0, 0.05) is 5.38 Å². The summed E-state index contributed by atoms with van der Waals surface area (Å²) in [5, 5.41) is 0.951. The molecule has 0 unspecified atom stereocenters. The lowest BCUT2D eigenvalue weighted by Gasteiger charge is -1.99. The summed E-state index contributed by atoms with van der Waals surface area (Å²) in [6.07, 6.45) is -4.38. The number of hydrazine groups is 1. The molecule has 3 N–H and O–H groups in total. The second-order valence-electron chi connectivity index (χ2n) is 1.68. The van der Waals surface area contributed by atoms with Crippen molar-refractivity contribution in [1.29, 1.82) is 0 Å². The summed E-state index contributed by atoms with van der Waals surface area (Å²) in [6, 6.07) is 0. The number of nitrogen functional groups attached to an aromatic ring is 1. The Morgan fingerprint density at radius 2 is 2.18 bits per heavy atom. The van der Waals surface area contributed by atoms with E-state index >= 15 is 0 Å². The molecule has 0 aliphatic rings. The van der Waals surface area contributed by atoms with Crippen molar-refractivity contribution in [3.8, 4) is 0 Å². The van der Waals surface area contributed by atoms with Gasteiger partial charge in [0.05, 0.1) is 0 Å². The Kier molecular flexibility index (Phi) is 2.01. The lowest BCUT2D eigenvalue weighted by molar-refractivity contribution is -0.140. The first-order valence-corrected chi connectivity index (χ1v) is 3.41. The maximum atomic E-state index is 11.8. The van der Waals surface area contributed by atoms with Crippen molar-refractivity contribution < 1.29 is 13.2 Å². The number of rotatable bonds is 1. The molecule has 7 heteroatoms. The highest BCUT2D eigenvalue weighted by molar-refractivity contribution is 7.13. The van der Waals surface area contributed by atoms with Gasteiger partial charge in [-0.2, -0.15) is 13.2 Å². The van der Waals surface area contributed by atoms with Crippen LogP contribution in [0.4, 0.5) is 18.3 Å². The van der Waals surface area contributed by atoms with Crippen LogP contribution in [0.3, 0.4) is 0 Å². The van der Waals surface area contributed by atoms with E-state index in [9.17, 15) is 13.2 Å². The molecular weight excluding hydrogens is 179 g/mol. The van der Waals surface area contributed by atoms with E-state index in [1.807, 2.05) is 5.43 Å². The first-order valence-electron chi connectivity index (χ1n) is 2.53.